The Morgan fingerprint density at radius 2 is 2.26 bits per heavy atom. The Balaban J connectivity index is 2.51. The zero-order chi connectivity index (χ0) is 17.1. The molecule has 0 amide bonds. The first kappa shape index (κ1) is 19.3. The van der Waals surface area contributed by atoms with Gasteiger partial charge in [-0.15, -0.1) is 0 Å². The van der Waals surface area contributed by atoms with Crippen molar-refractivity contribution in [3.05, 3.63) is 24.5 Å². The molecule has 1 unspecified atom stereocenters. The topological polar surface area (TPSA) is 105 Å². The highest BCUT2D eigenvalue weighted by Gasteiger charge is 2.12. The highest BCUT2D eigenvalue weighted by Crippen LogP contribution is 2.04. The van der Waals surface area contributed by atoms with Crippen molar-refractivity contribution in [2.24, 2.45) is 4.99 Å². The number of aromatic nitrogens is 1. The van der Waals surface area contributed by atoms with Gasteiger partial charge in [0.2, 0.25) is 10.0 Å². The monoisotopic (exact) mass is 343 g/mol. The lowest BCUT2D eigenvalue weighted by molar-refractivity contribution is 0.179. The summed E-state index contributed by atoms with van der Waals surface area (Å²) in [4.78, 5) is 8.27. The van der Waals surface area contributed by atoms with Crippen molar-refractivity contribution in [2.45, 2.75) is 24.8 Å². The van der Waals surface area contributed by atoms with Gasteiger partial charge in [0, 0.05) is 38.6 Å². The second kappa shape index (κ2) is 10.1. The predicted octanol–water partition coefficient (Wildman–Crippen LogP) is -0.0501. The van der Waals surface area contributed by atoms with Gasteiger partial charge >= 0.3 is 0 Å². The van der Waals surface area contributed by atoms with Crippen molar-refractivity contribution < 1.29 is 13.2 Å². The minimum absolute atomic E-state index is 0.102. The van der Waals surface area contributed by atoms with Gasteiger partial charge in [0.15, 0.2) is 5.96 Å². The molecule has 3 N–H and O–H groups in total. The molecule has 130 valence electrons. The third-order valence-electron chi connectivity index (χ3n) is 2.76. The Labute approximate surface area is 137 Å². The molecule has 0 aliphatic rings. The average molecular weight is 343 g/mol. The van der Waals surface area contributed by atoms with Crippen LogP contribution in [0.25, 0.3) is 0 Å². The number of hydrogen-bond donors (Lipinski definition) is 3. The van der Waals surface area contributed by atoms with Crippen LogP contribution in [-0.4, -0.2) is 58.8 Å². The van der Waals surface area contributed by atoms with Crippen LogP contribution in [0.5, 0.6) is 0 Å². The first-order valence-corrected chi connectivity index (χ1v) is 8.91. The SMILES string of the molecule is CCNC(=NCCNS(=O)(=O)c1cccnc1)NC(C)COC. The van der Waals surface area contributed by atoms with Gasteiger partial charge in [0.05, 0.1) is 13.2 Å². The summed E-state index contributed by atoms with van der Waals surface area (Å²) in [6.45, 7) is 5.72. The number of aliphatic imine (C=N–C) groups is 1. The molecule has 0 aromatic carbocycles. The van der Waals surface area contributed by atoms with E-state index in [1.54, 1.807) is 13.2 Å². The molecule has 1 aromatic heterocycles. The van der Waals surface area contributed by atoms with E-state index in [0.717, 1.165) is 0 Å². The molecule has 1 aromatic rings. The molecule has 1 rings (SSSR count). The van der Waals surface area contributed by atoms with E-state index in [1.807, 2.05) is 13.8 Å². The number of nitrogens with one attached hydrogen (secondary N) is 3. The van der Waals surface area contributed by atoms with Crippen molar-refractivity contribution in [1.82, 2.24) is 20.3 Å². The van der Waals surface area contributed by atoms with Gasteiger partial charge in [-0.05, 0) is 26.0 Å². The van der Waals surface area contributed by atoms with E-state index in [-0.39, 0.29) is 17.5 Å². The van der Waals surface area contributed by atoms with Gasteiger partial charge in [0.25, 0.3) is 0 Å². The summed E-state index contributed by atoms with van der Waals surface area (Å²) in [5.41, 5.74) is 0. The summed E-state index contributed by atoms with van der Waals surface area (Å²) < 4.78 is 31.6. The van der Waals surface area contributed by atoms with Crippen LogP contribution in [0.4, 0.5) is 0 Å². The quantitative estimate of drug-likeness (QED) is 0.330. The summed E-state index contributed by atoms with van der Waals surface area (Å²) >= 11 is 0. The molecule has 0 saturated carbocycles. The van der Waals surface area contributed by atoms with Crippen LogP contribution in [0.1, 0.15) is 13.8 Å². The van der Waals surface area contributed by atoms with Gasteiger partial charge in [-0.3, -0.25) is 9.98 Å². The Bertz CT molecular complexity index is 577. The number of pyridine rings is 1. The van der Waals surface area contributed by atoms with Gasteiger partial charge in [0.1, 0.15) is 4.90 Å². The maximum Gasteiger partial charge on any atom is 0.242 e. The molecule has 0 spiro atoms. The first-order chi connectivity index (χ1) is 11.0. The fraction of sp³-hybridized carbons (Fsp3) is 0.571. The van der Waals surface area contributed by atoms with Crippen LogP contribution in [0.2, 0.25) is 0 Å². The molecule has 0 fully saturated rings. The van der Waals surface area contributed by atoms with E-state index in [9.17, 15) is 8.42 Å². The standard InChI is InChI=1S/C14H25N5O3S/c1-4-16-14(19-12(2)11-22-3)17-8-9-18-23(20,21)13-6-5-7-15-10-13/h5-7,10,12,18H,4,8-9,11H2,1-3H3,(H2,16,17,19). The fourth-order valence-corrected chi connectivity index (χ4v) is 2.77. The normalized spacial score (nSPS) is 13.6. The second-order valence-corrected chi connectivity index (χ2v) is 6.61. The summed E-state index contributed by atoms with van der Waals surface area (Å²) in [6, 6.07) is 3.18. The molecular formula is C14H25N5O3S. The van der Waals surface area contributed by atoms with E-state index in [0.29, 0.717) is 25.7 Å². The molecule has 0 saturated heterocycles. The maximum atomic E-state index is 12.0. The third-order valence-corrected chi connectivity index (χ3v) is 4.21. The molecule has 0 radical (unpaired) electrons. The summed E-state index contributed by atoms with van der Waals surface area (Å²) in [5.74, 6) is 0.623. The highest BCUT2D eigenvalue weighted by atomic mass is 32.2. The van der Waals surface area contributed by atoms with Gasteiger partial charge in [-0.25, -0.2) is 13.1 Å². The van der Waals surface area contributed by atoms with Crippen molar-refractivity contribution in [2.75, 3.05) is 33.4 Å². The lowest BCUT2D eigenvalue weighted by Gasteiger charge is -2.17. The van der Waals surface area contributed by atoms with Gasteiger partial charge < -0.3 is 15.4 Å². The molecule has 0 aliphatic carbocycles. The zero-order valence-corrected chi connectivity index (χ0v) is 14.6. The summed E-state index contributed by atoms with van der Waals surface area (Å²) in [7, 11) is -1.91. The Hall–Kier alpha value is -1.71. The summed E-state index contributed by atoms with van der Waals surface area (Å²) in [6.07, 6.45) is 2.84. The number of methoxy groups -OCH3 is 1. The molecular weight excluding hydrogens is 318 g/mol. The minimum Gasteiger partial charge on any atom is -0.383 e. The van der Waals surface area contributed by atoms with Crippen LogP contribution in [-0.2, 0) is 14.8 Å². The number of sulfonamides is 1. The largest absolute Gasteiger partial charge is 0.383 e. The number of guanidine groups is 1. The average Bonchev–Trinajstić information content (AvgIpc) is 2.53. The number of ether oxygens (including phenoxy) is 1. The maximum absolute atomic E-state index is 12.0. The molecule has 23 heavy (non-hydrogen) atoms. The van der Waals surface area contributed by atoms with Crippen molar-refractivity contribution in [1.29, 1.82) is 0 Å². The van der Waals surface area contributed by atoms with E-state index in [2.05, 4.69) is 25.3 Å². The molecule has 9 heteroatoms. The Kier molecular flexibility index (Phi) is 8.52. The van der Waals surface area contributed by atoms with Crippen LogP contribution >= 0.6 is 0 Å². The van der Waals surface area contributed by atoms with Gasteiger partial charge in [-0.1, -0.05) is 0 Å². The van der Waals surface area contributed by atoms with E-state index in [4.69, 9.17) is 4.74 Å². The minimum atomic E-state index is -3.54. The van der Waals surface area contributed by atoms with E-state index >= 15 is 0 Å². The van der Waals surface area contributed by atoms with Crippen LogP contribution < -0.4 is 15.4 Å². The lowest BCUT2D eigenvalue weighted by atomic mass is 10.4. The Morgan fingerprint density at radius 3 is 2.87 bits per heavy atom. The summed E-state index contributed by atoms with van der Waals surface area (Å²) in [5, 5.41) is 6.27. The van der Waals surface area contributed by atoms with Gasteiger partial charge in [-0.2, -0.15) is 0 Å². The number of rotatable bonds is 9. The molecule has 1 atom stereocenters. The molecule has 8 nitrogen and oxygen atoms in total. The predicted molar refractivity (Wildman–Crippen MR) is 89.9 cm³/mol. The number of hydrogen-bond acceptors (Lipinski definition) is 5. The third kappa shape index (κ3) is 7.40. The molecule has 1 heterocycles. The van der Waals surface area contributed by atoms with Crippen molar-refractivity contribution >= 4 is 16.0 Å². The smallest absolute Gasteiger partial charge is 0.242 e. The highest BCUT2D eigenvalue weighted by molar-refractivity contribution is 7.89. The zero-order valence-electron chi connectivity index (χ0n) is 13.7. The van der Waals surface area contributed by atoms with Crippen molar-refractivity contribution in [3.8, 4) is 0 Å². The second-order valence-electron chi connectivity index (χ2n) is 4.85. The van der Waals surface area contributed by atoms with E-state index < -0.39 is 10.0 Å². The first-order valence-electron chi connectivity index (χ1n) is 7.43. The lowest BCUT2D eigenvalue weighted by Crippen LogP contribution is -2.44. The van der Waals surface area contributed by atoms with Crippen LogP contribution in [0.3, 0.4) is 0 Å². The van der Waals surface area contributed by atoms with Crippen LogP contribution in [0, 0.1) is 0 Å². The number of nitrogens with zero attached hydrogens (tertiary/aromatic N) is 2. The molecule has 0 aliphatic heterocycles. The van der Waals surface area contributed by atoms with Crippen molar-refractivity contribution in [3.63, 3.8) is 0 Å². The van der Waals surface area contributed by atoms with E-state index in [1.165, 1.54) is 18.5 Å². The molecule has 0 bridgehead atoms. The van der Waals surface area contributed by atoms with Crippen LogP contribution in [0.15, 0.2) is 34.4 Å². The Morgan fingerprint density at radius 1 is 1.48 bits per heavy atom. The fourth-order valence-electron chi connectivity index (χ4n) is 1.78.